The van der Waals surface area contributed by atoms with E-state index in [4.69, 9.17) is 0 Å². The second-order valence-electron chi connectivity index (χ2n) is 3.22. The molecular formula is C11H16ClFN2O. The van der Waals surface area contributed by atoms with Gasteiger partial charge in [0, 0.05) is 25.1 Å². The SMILES string of the molecule is CNCCC(=O)NCc1ccccc1F.Cl. The van der Waals surface area contributed by atoms with Gasteiger partial charge in [0.1, 0.15) is 5.82 Å². The van der Waals surface area contributed by atoms with Gasteiger partial charge in [0.05, 0.1) is 0 Å². The molecular weight excluding hydrogens is 231 g/mol. The van der Waals surface area contributed by atoms with Crippen LogP contribution in [-0.2, 0) is 11.3 Å². The minimum absolute atomic E-state index is 0. The summed E-state index contributed by atoms with van der Waals surface area (Å²) < 4.78 is 13.1. The molecule has 0 fully saturated rings. The number of hydrogen-bond donors (Lipinski definition) is 2. The fourth-order valence-corrected chi connectivity index (χ4v) is 1.16. The predicted octanol–water partition coefficient (Wildman–Crippen LogP) is 1.47. The van der Waals surface area contributed by atoms with Gasteiger partial charge in [0.25, 0.3) is 0 Å². The van der Waals surface area contributed by atoms with Crippen LogP contribution < -0.4 is 10.6 Å². The molecule has 0 saturated heterocycles. The Morgan fingerprint density at radius 1 is 1.38 bits per heavy atom. The second kappa shape index (κ2) is 8.07. The van der Waals surface area contributed by atoms with Crippen molar-refractivity contribution in [2.45, 2.75) is 13.0 Å². The molecule has 5 heteroatoms. The van der Waals surface area contributed by atoms with Crippen LogP contribution in [0.2, 0.25) is 0 Å². The van der Waals surface area contributed by atoms with E-state index in [9.17, 15) is 9.18 Å². The van der Waals surface area contributed by atoms with Crippen LogP contribution in [0.3, 0.4) is 0 Å². The van der Waals surface area contributed by atoms with Crippen molar-refractivity contribution in [3.63, 3.8) is 0 Å². The molecule has 0 saturated carbocycles. The van der Waals surface area contributed by atoms with Crippen molar-refractivity contribution >= 4 is 18.3 Å². The highest BCUT2D eigenvalue weighted by Gasteiger charge is 2.03. The minimum atomic E-state index is -0.286. The Kier molecular flexibility index (Phi) is 7.50. The number of carbonyl (C=O) groups is 1. The average molecular weight is 247 g/mol. The maximum absolute atomic E-state index is 13.1. The van der Waals surface area contributed by atoms with E-state index in [-0.39, 0.29) is 30.7 Å². The summed E-state index contributed by atoms with van der Waals surface area (Å²) >= 11 is 0. The first kappa shape index (κ1) is 14.9. The smallest absolute Gasteiger partial charge is 0.221 e. The fraction of sp³-hybridized carbons (Fsp3) is 0.364. The summed E-state index contributed by atoms with van der Waals surface area (Å²) in [6, 6.07) is 6.42. The maximum atomic E-state index is 13.1. The van der Waals surface area contributed by atoms with E-state index in [1.54, 1.807) is 25.2 Å². The molecule has 16 heavy (non-hydrogen) atoms. The summed E-state index contributed by atoms with van der Waals surface area (Å²) in [7, 11) is 1.78. The molecule has 1 rings (SSSR count). The zero-order valence-electron chi connectivity index (χ0n) is 9.13. The lowest BCUT2D eigenvalue weighted by Crippen LogP contribution is -2.26. The predicted molar refractivity (Wildman–Crippen MR) is 64.0 cm³/mol. The Morgan fingerprint density at radius 2 is 2.06 bits per heavy atom. The highest BCUT2D eigenvalue weighted by molar-refractivity contribution is 5.85. The molecule has 0 atom stereocenters. The Hall–Kier alpha value is -1.13. The Labute approximate surface area is 101 Å². The molecule has 0 radical (unpaired) electrons. The van der Waals surface area contributed by atoms with E-state index < -0.39 is 0 Å². The molecule has 0 aromatic heterocycles. The van der Waals surface area contributed by atoms with Crippen molar-refractivity contribution in [3.05, 3.63) is 35.6 Å². The topological polar surface area (TPSA) is 41.1 Å². The molecule has 90 valence electrons. The summed E-state index contributed by atoms with van der Waals surface area (Å²) in [4.78, 5) is 11.2. The van der Waals surface area contributed by atoms with Crippen LogP contribution in [0, 0.1) is 5.82 Å². The molecule has 1 aromatic rings. The van der Waals surface area contributed by atoms with Crippen LogP contribution in [0.15, 0.2) is 24.3 Å². The summed E-state index contributed by atoms with van der Waals surface area (Å²) in [5, 5.41) is 5.53. The molecule has 3 nitrogen and oxygen atoms in total. The second-order valence-corrected chi connectivity index (χ2v) is 3.22. The van der Waals surface area contributed by atoms with Crippen LogP contribution in [0.4, 0.5) is 4.39 Å². The Bertz CT molecular complexity index is 334. The number of rotatable bonds is 5. The molecule has 1 aromatic carbocycles. The lowest BCUT2D eigenvalue weighted by molar-refractivity contribution is -0.121. The highest BCUT2D eigenvalue weighted by Crippen LogP contribution is 2.05. The summed E-state index contributed by atoms with van der Waals surface area (Å²) in [5.41, 5.74) is 0.510. The fourth-order valence-electron chi connectivity index (χ4n) is 1.16. The van der Waals surface area contributed by atoms with Gasteiger partial charge >= 0.3 is 0 Å². The quantitative estimate of drug-likeness (QED) is 0.826. The van der Waals surface area contributed by atoms with E-state index in [0.29, 0.717) is 18.5 Å². The van der Waals surface area contributed by atoms with E-state index in [0.717, 1.165) is 0 Å². The Balaban J connectivity index is 0.00000225. The molecule has 0 aliphatic carbocycles. The molecule has 0 aliphatic rings. The summed E-state index contributed by atoms with van der Waals surface area (Å²) in [5.74, 6) is -0.362. The molecule has 2 N–H and O–H groups in total. The number of carbonyl (C=O) groups excluding carboxylic acids is 1. The van der Waals surface area contributed by atoms with Crippen LogP contribution in [0.5, 0.6) is 0 Å². The number of amides is 1. The van der Waals surface area contributed by atoms with Gasteiger partial charge in [-0.1, -0.05) is 18.2 Å². The van der Waals surface area contributed by atoms with Crippen molar-refractivity contribution in [1.29, 1.82) is 0 Å². The van der Waals surface area contributed by atoms with Crippen LogP contribution in [0.1, 0.15) is 12.0 Å². The zero-order valence-corrected chi connectivity index (χ0v) is 9.94. The lowest BCUT2D eigenvalue weighted by Gasteiger charge is -2.05. The maximum Gasteiger partial charge on any atom is 0.221 e. The monoisotopic (exact) mass is 246 g/mol. The molecule has 0 bridgehead atoms. The largest absolute Gasteiger partial charge is 0.352 e. The van der Waals surface area contributed by atoms with Gasteiger partial charge in [-0.05, 0) is 13.1 Å². The van der Waals surface area contributed by atoms with Gasteiger partial charge in [0.2, 0.25) is 5.91 Å². The van der Waals surface area contributed by atoms with Crippen LogP contribution in [-0.4, -0.2) is 19.5 Å². The van der Waals surface area contributed by atoms with Gasteiger partial charge in [-0.2, -0.15) is 0 Å². The molecule has 0 aliphatic heterocycles. The van der Waals surface area contributed by atoms with Crippen molar-refractivity contribution < 1.29 is 9.18 Å². The third kappa shape index (κ3) is 5.09. The molecule has 1 amide bonds. The van der Waals surface area contributed by atoms with E-state index in [1.165, 1.54) is 6.07 Å². The van der Waals surface area contributed by atoms with E-state index >= 15 is 0 Å². The third-order valence-electron chi connectivity index (χ3n) is 2.04. The van der Waals surface area contributed by atoms with Gasteiger partial charge in [-0.3, -0.25) is 4.79 Å². The van der Waals surface area contributed by atoms with Crippen molar-refractivity contribution in [1.82, 2.24) is 10.6 Å². The number of benzene rings is 1. The number of halogens is 2. The van der Waals surface area contributed by atoms with Crippen LogP contribution in [0.25, 0.3) is 0 Å². The molecule has 0 spiro atoms. The standard InChI is InChI=1S/C11H15FN2O.ClH/c1-13-7-6-11(15)14-8-9-4-2-3-5-10(9)12;/h2-5,13H,6-8H2,1H3,(H,14,15);1H. The van der Waals surface area contributed by atoms with E-state index in [2.05, 4.69) is 10.6 Å². The molecule has 0 heterocycles. The first-order valence-electron chi connectivity index (χ1n) is 4.88. The summed E-state index contributed by atoms with van der Waals surface area (Å²) in [6.07, 6.45) is 0.408. The normalized spacial score (nSPS) is 9.38. The number of hydrogen-bond acceptors (Lipinski definition) is 2. The highest BCUT2D eigenvalue weighted by atomic mass is 35.5. The van der Waals surface area contributed by atoms with Gasteiger partial charge in [-0.15, -0.1) is 12.4 Å². The van der Waals surface area contributed by atoms with Gasteiger partial charge in [0.15, 0.2) is 0 Å². The van der Waals surface area contributed by atoms with Crippen molar-refractivity contribution in [3.8, 4) is 0 Å². The lowest BCUT2D eigenvalue weighted by atomic mass is 10.2. The van der Waals surface area contributed by atoms with Crippen molar-refractivity contribution in [2.75, 3.05) is 13.6 Å². The van der Waals surface area contributed by atoms with Crippen molar-refractivity contribution in [2.24, 2.45) is 0 Å². The number of nitrogens with one attached hydrogen (secondary N) is 2. The van der Waals surface area contributed by atoms with Crippen LogP contribution >= 0.6 is 12.4 Å². The summed E-state index contributed by atoms with van der Waals surface area (Å²) in [6.45, 7) is 0.873. The third-order valence-corrected chi connectivity index (χ3v) is 2.04. The average Bonchev–Trinajstić information content (AvgIpc) is 2.25. The van der Waals surface area contributed by atoms with Gasteiger partial charge < -0.3 is 10.6 Å². The van der Waals surface area contributed by atoms with E-state index in [1.807, 2.05) is 0 Å². The zero-order chi connectivity index (χ0) is 11.1. The first-order chi connectivity index (χ1) is 7.24. The van der Waals surface area contributed by atoms with Gasteiger partial charge in [-0.25, -0.2) is 4.39 Å². The minimum Gasteiger partial charge on any atom is -0.352 e. The Morgan fingerprint density at radius 3 is 2.69 bits per heavy atom. The molecule has 0 unspecified atom stereocenters. The first-order valence-corrected chi connectivity index (χ1v) is 4.88.